The Labute approximate surface area is 167 Å². The fourth-order valence-corrected chi connectivity index (χ4v) is 3.35. The van der Waals surface area contributed by atoms with Crippen molar-refractivity contribution in [3.63, 3.8) is 0 Å². The van der Waals surface area contributed by atoms with Crippen LogP contribution in [0.4, 0.5) is 16.0 Å². The highest BCUT2D eigenvalue weighted by molar-refractivity contribution is 5.42. The van der Waals surface area contributed by atoms with Gasteiger partial charge in [0.05, 0.1) is 12.2 Å². The molecule has 3 rings (SSSR count). The van der Waals surface area contributed by atoms with Gasteiger partial charge in [-0.1, -0.05) is 26.8 Å². The molecule has 3 heterocycles. The zero-order chi connectivity index (χ0) is 20.3. The molecule has 6 nitrogen and oxygen atoms in total. The van der Waals surface area contributed by atoms with Gasteiger partial charge in [0, 0.05) is 38.9 Å². The number of anilines is 2. The molecular formula is C21H31FN6. The van der Waals surface area contributed by atoms with E-state index in [2.05, 4.69) is 46.4 Å². The minimum Gasteiger partial charge on any atom is -0.354 e. The van der Waals surface area contributed by atoms with Crippen LogP contribution >= 0.6 is 0 Å². The number of nitrogens with zero attached hydrogens (tertiary/aromatic N) is 4. The third-order valence-electron chi connectivity index (χ3n) is 5.14. The van der Waals surface area contributed by atoms with E-state index in [1.165, 1.54) is 6.07 Å². The molecule has 1 saturated heterocycles. The number of hydrazine groups is 1. The number of aromatic nitrogens is 2. The van der Waals surface area contributed by atoms with Crippen LogP contribution in [-0.2, 0) is 6.54 Å². The molecule has 0 saturated carbocycles. The van der Waals surface area contributed by atoms with Crippen molar-refractivity contribution in [1.29, 1.82) is 0 Å². The third kappa shape index (κ3) is 4.97. The van der Waals surface area contributed by atoms with Crippen molar-refractivity contribution >= 4 is 11.6 Å². The lowest BCUT2D eigenvalue weighted by Crippen LogP contribution is -2.56. The number of piperazine rings is 1. The van der Waals surface area contributed by atoms with E-state index in [-0.39, 0.29) is 11.2 Å². The van der Waals surface area contributed by atoms with E-state index in [1.807, 2.05) is 26.1 Å². The molecule has 0 aromatic carbocycles. The molecule has 1 fully saturated rings. The van der Waals surface area contributed by atoms with Crippen molar-refractivity contribution in [2.75, 3.05) is 37.0 Å². The molecule has 0 bridgehead atoms. The Kier molecular flexibility index (Phi) is 6.15. The summed E-state index contributed by atoms with van der Waals surface area (Å²) in [6, 6.07) is 7.54. The van der Waals surface area contributed by atoms with Gasteiger partial charge in [-0.3, -0.25) is 0 Å². The van der Waals surface area contributed by atoms with Crippen molar-refractivity contribution < 1.29 is 4.39 Å². The molecule has 28 heavy (non-hydrogen) atoms. The largest absolute Gasteiger partial charge is 0.354 e. The van der Waals surface area contributed by atoms with Crippen LogP contribution in [0.1, 0.15) is 32.0 Å². The van der Waals surface area contributed by atoms with Gasteiger partial charge in [-0.2, -0.15) is 0 Å². The molecule has 152 valence electrons. The fourth-order valence-electron chi connectivity index (χ4n) is 3.35. The minimum atomic E-state index is -0.294. The number of hydrogen-bond donors (Lipinski definition) is 2. The maximum Gasteiger partial charge on any atom is 0.146 e. The number of pyridine rings is 2. The summed E-state index contributed by atoms with van der Waals surface area (Å²) in [6.45, 7) is 11.7. The Morgan fingerprint density at radius 1 is 1.32 bits per heavy atom. The van der Waals surface area contributed by atoms with E-state index >= 15 is 0 Å². The van der Waals surface area contributed by atoms with Crippen molar-refractivity contribution in [3.05, 3.63) is 47.5 Å². The van der Waals surface area contributed by atoms with Gasteiger partial charge in [-0.05, 0) is 36.1 Å². The summed E-state index contributed by atoms with van der Waals surface area (Å²) in [5.74, 6) is 1.30. The smallest absolute Gasteiger partial charge is 0.146 e. The predicted molar refractivity (Wildman–Crippen MR) is 112 cm³/mol. The average molecular weight is 387 g/mol. The van der Waals surface area contributed by atoms with E-state index in [0.717, 1.165) is 36.8 Å². The van der Waals surface area contributed by atoms with Crippen LogP contribution in [0.25, 0.3) is 0 Å². The summed E-state index contributed by atoms with van der Waals surface area (Å²) in [4.78, 5) is 11.2. The predicted octanol–water partition coefficient (Wildman–Crippen LogP) is 3.21. The maximum atomic E-state index is 14.4. The van der Waals surface area contributed by atoms with Gasteiger partial charge in [0.2, 0.25) is 0 Å². The second-order valence-electron chi connectivity index (χ2n) is 8.55. The highest BCUT2D eigenvalue weighted by Crippen LogP contribution is 2.25. The maximum absolute atomic E-state index is 14.4. The van der Waals surface area contributed by atoms with E-state index in [9.17, 15) is 4.39 Å². The van der Waals surface area contributed by atoms with E-state index in [4.69, 9.17) is 0 Å². The first-order chi connectivity index (χ1) is 13.2. The molecule has 0 radical (unpaired) electrons. The molecule has 2 N–H and O–H groups in total. The topological polar surface area (TPSA) is 56.3 Å². The number of nitrogens with one attached hydrogen (secondary N) is 2. The lowest BCUT2D eigenvalue weighted by Gasteiger charge is -2.41. The number of rotatable bonds is 5. The van der Waals surface area contributed by atoms with Gasteiger partial charge in [0.15, 0.2) is 0 Å². The molecule has 1 atom stereocenters. The molecule has 0 aliphatic carbocycles. The molecule has 2 aromatic rings. The molecular weight excluding hydrogens is 355 g/mol. The Morgan fingerprint density at radius 3 is 2.82 bits per heavy atom. The van der Waals surface area contributed by atoms with Crippen molar-refractivity contribution in [2.45, 2.75) is 40.3 Å². The zero-order valence-corrected chi connectivity index (χ0v) is 17.5. The Bertz CT molecular complexity index is 804. The Hall–Kier alpha value is -2.25. The zero-order valence-electron chi connectivity index (χ0n) is 17.5. The van der Waals surface area contributed by atoms with E-state index < -0.39 is 0 Å². The Balaban J connectivity index is 1.72. The minimum absolute atomic E-state index is 0.159. The van der Waals surface area contributed by atoms with Crippen LogP contribution < -0.4 is 15.6 Å². The first kappa shape index (κ1) is 20.5. The molecule has 1 aliphatic rings. The lowest BCUT2D eigenvalue weighted by molar-refractivity contribution is 0.253. The lowest BCUT2D eigenvalue weighted by atomic mass is 9.85. The monoisotopic (exact) mass is 386 g/mol. The van der Waals surface area contributed by atoms with E-state index in [1.54, 1.807) is 17.3 Å². The molecule has 0 spiro atoms. The summed E-state index contributed by atoms with van der Waals surface area (Å²) < 4.78 is 14.4. The van der Waals surface area contributed by atoms with Gasteiger partial charge in [0.1, 0.15) is 17.5 Å². The molecule has 2 aromatic heterocycles. The second kappa shape index (κ2) is 8.41. The third-order valence-corrected chi connectivity index (χ3v) is 5.14. The highest BCUT2D eigenvalue weighted by atomic mass is 19.1. The first-order valence-corrected chi connectivity index (χ1v) is 9.77. The normalized spacial score (nSPS) is 17.8. The number of halogens is 1. The van der Waals surface area contributed by atoms with Gasteiger partial charge in [-0.15, -0.1) is 0 Å². The van der Waals surface area contributed by atoms with Gasteiger partial charge >= 0.3 is 0 Å². The van der Waals surface area contributed by atoms with Crippen LogP contribution in [0, 0.1) is 18.2 Å². The first-order valence-electron chi connectivity index (χ1n) is 9.77. The van der Waals surface area contributed by atoms with Crippen molar-refractivity contribution in [1.82, 2.24) is 20.3 Å². The van der Waals surface area contributed by atoms with Crippen LogP contribution in [0.3, 0.4) is 0 Å². The standard InChI is InChI=1S/C21H31FN6/c1-15-7-6-10-24-20(15)26-27(5)13-17-16(22)8-9-19(25-17)28-12-11-23-18(14-28)21(2,3)4/h6-10,18,23H,11-14H2,1-5H3,(H,24,26). The van der Waals surface area contributed by atoms with Crippen molar-refractivity contribution in [3.8, 4) is 0 Å². The molecule has 1 aliphatic heterocycles. The van der Waals surface area contributed by atoms with E-state index in [0.29, 0.717) is 18.3 Å². The fraction of sp³-hybridized carbons (Fsp3) is 0.524. The van der Waals surface area contributed by atoms with Crippen LogP contribution in [0.5, 0.6) is 0 Å². The van der Waals surface area contributed by atoms with Gasteiger partial charge in [0.25, 0.3) is 0 Å². The van der Waals surface area contributed by atoms with Crippen LogP contribution in [0.15, 0.2) is 30.5 Å². The summed E-state index contributed by atoms with van der Waals surface area (Å²) in [6.07, 6.45) is 1.73. The molecule has 0 amide bonds. The average Bonchev–Trinajstić information content (AvgIpc) is 2.65. The van der Waals surface area contributed by atoms with Crippen LogP contribution in [-0.4, -0.2) is 47.7 Å². The van der Waals surface area contributed by atoms with Crippen molar-refractivity contribution in [2.24, 2.45) is 5.41 Å². The van der Waals surface area contributed by atoms with Gasteiger partial charge in [-0.25, -0.2) is 19.4 Å². The summed E-state index contributed by atoms with van der Waals surface area (Å²) in [7, 11) is 1.86. The summed E-state index contributed by atoms with van der Waals surface area (Å²) in [5, 5.41) is 5.39. The second-order valence-corrected chi connectivity index (χ2v) is 8.55. The molecule has 1 unspecified atom stereocenters. The number of hydrogen-bond acceptors (Lipinski definition) is 6. The quantitative estimate of drug-likeness (QED) is 0.770. The summed E-state index contributed by atoms with van der Waals surface area (Å²) in [5.41, 5.74) is 4.82. The SMILES string of the molecule is Cc1cccnc1NN(C)Cc1nc(N2CCNC(C(C)(C)C)C2)ccc1F. The van der Waals surface area contributed by atoms with Crippen LogP contribution in [0.2, 0.25) is 0 Å². The summed E-state index contributed by atoms with van der Waals surface area (Å²) >= 11 is 0. The highest BCUT2D eigenvalue weighted by Gasteiger charge is 2.30. The number of aryl methyl sites for hydroxylation is 1. The molecule has 7 heteroatoms. The Morgan fingerprint density at radius 2 is 2.11 bits per heavy atom. The van der Waals surface area contributed by atoms with Gasteiger partial charge < -0.3 is 15.6 Å².